The number of hydrogen-bond donors (Lipinski definition) is 1. The number of carbonyl (C=O) groups is 1. The Bertz CT molecular complexity index is 845. The monoisotopic (exact) mass is 323 g/mol. The Morgan fingerprint density at radius 3 is 2.75 bits per heavy atom. The number of nitrogens with zero attached hydrogens (tertiary/aromatic N) is 4. The van der Waals surface area contributed by atoms with Gasteiger partial charge in [0.05, 0.1) is 18.5 Å². The summed E-state index contributed by atoms with van der Waals surface area (Å²) in [6.07, 6.45) is 1.64. The van der Waals surface area contributed by atoms with Gasteiger partial charge >= 0.3 is 0 Å². The maximum Gasteiger partial charge on any atom is 0.274 e. The Morgan fingerprint density at radius 2 is 2.00 bits per heavy atom. The van der Waals surface area contributed by atoms with E-state index in [-0.39, 0.29) is 5.91 Å². The largest absolute Gasteiger partial charge is 0.481 e. The van der Waals surface area contributed by atoms with Gasteiger partial charge in [0, 0.05) is 18.8 Å². The average Bonchev–Trinajstić information content (AvgIpc) is 3.02. The molecule has 1 aromatic carbocycles. The molecule has 0 saturated carbocycles. The fourth-order valence-corrected chi connectivity index (χ4v) is 2.20. The summed E-state index contributed by atoms with van der Waals surface area (Å²) in [5.41, 5.74) is 2.57. The van der Waals surface area contributed by atoms with Crippen molar-refractivity contribution in [1.82, 2.24) is 25.3 Å². The number of aryl methyl sites for hydroxylation is 1. The summed E-state index contributed by atoms with van der Waals surface area (Å²) in [6, 6.07) is 13.0. The Hall–Kier alpha value is -3.22. The average molecular weight is 323 g/mol. The fourth-order valence-electron chi connectivity index (χ4n) is 2.20. The predicted octanol–water partition coefficient (Wildman–Crippen LogP) is 1.91. The molecule has 0 saturated heterocycles. The third-order valence-corrected chi connectivity index (χ3v) is 3.45. The van der Waals surface area contributed by atoms with Crippen molar-refractivity contribution < 1.29 is 9.53 Å². The molecule has 122 valence electrons. The Kier molecular flexibility index (Phi) is 4.51. The normalized spacial score (nSPS) is 10.4. The van der Waals surface area contributed by atoms with Crippen LogP contribution in [0.1, 0.15) is 21.7 Å². The molecule has 0 unspecified atom stereocenters. The van der Waals surface area contributed by atoms with Crippen molar-refractivity contribution in [3.63, 3.8) is 0 Å². The van der Waals surface area contributed by atoms with Crippen LogP contribution in [0.3, 0.4) is 0 Å². The first-order valence-corrected chi connectivity index (χ1v) is 7.44. The van der Waals surface area contributed by atoms with Crippen molar-refractivity contribution in [2.24, 2.45) is 0 Å². The number of hydrogen-bond acceptors (Lipinski definition) is 5. The number of aromatic nitrogens is 4. The van der Waals surface area contributed by atoms with Crippen LogP contribution in [0.2, 0.25) is 0 Å². The third-order valence-electron chi connectivity index (χ3n) is 3.45. The van der Waals surface area contributed by atoms with E-state index in [0.29, 0.717) is 23.8 Å². The lowest BCUT2D eigenvalue weighted by Gasteiger charge is -2.05. The lowest BCUT2D eigenvalue weighted by atomic mass is 10.2. The van der Waals surface area contributed by atoms with E-state index in [0.717, 1.165) is 11.3 Å². The molecule has 7 nitrogen and oxygen atoms in total. The highest BCUT2D eigenvalue weighted by Gasteiger charge is 2.16. The number of benzene rings is 1. The molecule has 1 amide bonds. The Labute approximate surface area is 139 Å². The van der Waals surface area contributed by atoms with Gasteiger partial charge < -0.3 is 10.1 Å². The number of carbonyl (C=O) groups excluding carboxylic acids is 1. The van der Waals surface area contributed by atoms with Crippen LogP contribution in [0, 0.1) is 6.92 Å². The molecule has 0 atom stereocenters. The number of para-hydroxylation sites is 1. The first kappa shape index (κ1) is 15.7. The minimum atomic E-state index is -0.273. The lowest BCUT2D eigenvalue weighted by Crippen LogP contribution is -2.24. The van der Waals surface area contributed by atoms with Crippen molar-refractivity contribution in [2.75, 3.05) is 7.11 Å². The molecule has 7 heteroatoms. The molecule has 1 N–H and O–H groups in total. The van der Waals surface area contributed by atoms with Crippen LogP contribution < -0.4 is 10.1 Å². The van der Waals surface area contributed by atoms with E-state index in [1.807, 2.05) is 36.4 Å². The molecule has 0 aliphatic rings. The first-order chi connectivity index (χ1) is 11.7. The summed E-state index contributed by atoms with van der Waals surface area (Å²) in [5, 5.41) is 11.4. The van der Waals surface area contributed by atoms with Crippen LogP contribution >= 0.6 is 0 Å². The summed E-state index contributed by atoms with van der Waals surface area (Å²) in [7, 11) is 1.55. The quantitative estimate of drug-likeness (QED) is 0.775. The van der Waals surface area contributed by atoms with Gasteiger partial charge in [-0.05, 0) is 30.7 Å². The standard InChI is InChI=1S/C17H17N5O2/c1-12-16(21-22(20-12)14-6-4-3-5-7-14)17(23)19-11-13-8-9-18-15(10-13)24-2/h3-10H,11H2,1-2H3,(H,19,23). The summed E-state index contributed by atoms with van der Waals surface area (Å²) in [4.78, 5) is 17.9. The van der Waals surface area contributed by atoms with Crippen LogP contribution in [-0.2, 0) is 6.54 Å². The second-order valence-corrected chi connectivity index (χ2v) is 5.15. The van der Waals surface area contributed by atoms with Crippen LogP contribution in [0.5, 0.6) is 5.88 Å². The molecular weight excluding hydrogens is 306 g/mol. The summed E-state index contributed by atoms with van der Waals surface area (Å²) in [6.45, 7) is 2.12. The van der Waals surface area contributed by atoms with Gasteiger partial charge in [0.2, 0.25) is 5.88 Å². The van der Waals surface area contributed by atoms with Crippen LogP contribution in [-0.4, -0.2) is 33.0 Å². The van der Waals surface area contributed by atoms with Crippen LogP contribution in [0.15, 0.2) is 48.7 Å². The predicted molar refractivity (Wildman–Crippen MR) is 88.1 cm³/mol. The Morgan fingerprint density at radius 1 is 1.21 bits per heavy atom. The van der Waals surface area contributed by atoms with Crippen molar-refractivity contribution in [2.45, 2.75) is 13.5 Å². The van der Waals surface area contributed by atoms with E-state index in [1.54, 1.807) is 26.3 Å². The van der Waals surface area contributed by atoms with Crippen molar-refractivity contribution in [3.8, 4) is 11.6 Å². The Balaban J connectivity index is 1.72. The maximum atomic E-state index is 12.4. The van der Waals surface area contributed by atoms with Gasteiger partial charge in [-0.25, -0.2) is 4.98 Å². The highest BCUT2D eigenvalue weighted by atomic mass is 16.5. The summed E-state index contributed by atoms with van der Waals surface area (Å²) < 4.78 is 5.07. The number of nitrogens with one attached hydrogen (secondary N) is 1. The van der Waals surface area contributed by atoms with Gasteiger partial charge in [0.15, 0.2) is 5.69 Å². The second-order valence-electron chi connectivity index (χ2n) is 5.15. The second kappa shape index (κ2) is 6.91. The van der Waals surface area contributed by atoms with E-state index in [2.05, 4.69) is 20.5 Å². The molecule has 0 bridgehead atoms. The van der Waals surface area contributed by atoms with Crippen molar-refractivity contribution in [3.05, 3.63) is 65.6 Å². The smallest absolute Gasteiger partial charge is 0.274 e. The molecule has 0 aliphatic heterocycles. The third kappa shape index (κ3) is 3.40. The van der Waals surface area contributed by atoms with Crippen LogP contribution in [0.25, 0.3) is 5.69 Å². The number of pyridine rings is 1. The molecule has 0 radical (unpaired) electrons. The molecular formula is C17H17N5O2. The highest BCUT2D eigenvalue weighted by Crippen LogP contribution is 2.10. The summed E-state index contributed by atoms with van der Waals surface area (Å²) in [5.74, 6) is 0.235. The van der Waals surface area contributed by atoms with E-state index in [1.165, 1.54) is 4.80 Å². The number of amides is 1. The minimum absolute atomic E-state index is 0.273. The van der Waals surface area contributed by atoms with Gasteiger partial charge in [-0.1, -0.05) is 18.2 Å². The topological polar surface area (TPSA) is 81.9 Å². The van der Waals surface area contributed by atoms with Crippen molar-refractivity contribution in [1.29, 1.82) is 0 Å². The number of rotatable bonds is 5. The molecule has 2 aromatic heterocycles. The molecule has 0 fully saturated rings. The fraction of sp³-hybridized carbons (Fsp3) is 0.176. The van der Waals surface area contributed by atoms with Gasteiger partial charge in [-0.3, -0.25) is 4.79 Å². The summed E-state index contributed by atoms with van der Waals surface area (Å²) >= 11 is 0. The van der Waals surface area contributed by atoms with Gasteiger partial charge in [0.25, 0.3) is 5.91 Å². The molecule has 24 heavy (non-hydrogen) atoms. The van der Waals surface area contributed by atoms with E-state index < -0.39 is 0 Å². The SMILES string of the molecule is COc1cc(CNC(=O)c2nn(-c3ccccc3)nc2C)ccn1. The van der Waals surface area contributed by atoms with Gasteiger partial charge in [-0.15, -0.1) is 5.10 Å². The van der Waals surface area contributed by atoms with Crippen molar-refractivity contribution >= 4 is 5.91 Å². The van der Waals surface area contributed by atoms with Gasteiger partial charge in [-0.2, -0.15) is 9.90 Å². The molecule has 0 aliphatic carbocycles. The minimum Gasteiger partial charge on any atom is -0.481 e. The zero-order valence-electron chi connectivity index (χ0n) is 13.4. The number of methoxy groups -OCH3 is 1. The van der Waals surface area contributed by atoms with E-state index >= 15 is 0 Å². The zero-order chi connectivity index (χ0) is 16.9. The molecule has 2 heterocycles. The van der Waals surface area contributed by atoms with E-state index in [4.69, 9.17) is 4.74 Å². The van der Waals surface area contributed by atoms with Gasteiger partial charge in [0.1, 0.15) is 0 Å². The highest BCUT2D eigenvalue weighted by molar-refractivity contribution is 5.93. The number of ether oxygens (including phenoxy) is 1. The molecule has 0 spiro atoms. The molecule has 3 aromatic rings. The zero-order valence-corrected chi connectivity index (χ0v) is 13.4. The molecule has 3 rings (SSSR count). The van der Waals surface area contributed by atoms with Crippen LogP contribution in [0.4, 0.5) is 0 Å². The lowest BCUT2D eigenvalue weighted by molar-refractivity contribution is 0.0945. The first-order valence-electron chi connectivity index (χ1n) is 7.44. The maximum absolute atomic E-state index is 12.4. The van der Waals surface area contributed by atoms with E-state index in [9.17, 15) is 4.79 Å².